The molecule has 0 spiro atoms. The van der Waals surface area contributed by atoms with Crippen LogP contribution < -0.4 is 0 Å². The van der Waals surface area contributed by atoms with Gasteiger partial charge in [0.1, 0.15) is 0 Å². The number of rotatable bonds is 5. The number of benzene rings is 2. The van der Waals surface area contributed by atoms with Gasteiger partial charge in [-0.3, -0.25) is 0 Å². The molecule has 0 amide bonds. The van der Waals surface area contributed by atoms with Crippen LogP contribution in [0.2, 0.25) is 5.02 Å². The summed E-state index contributed by atoms with van der Waals surface area (Å²) in [5, 5.41) is 4.91. The Balaban J connectivity index is 1.84. The number of aryl methyl sites for hydroxylation is 1. The lowest BCUT2D eigenvalue weighted by Crippen LogP contribution is -1.98. The van der Waals surface area contributed by atoms with Gasteiger partial charge in [-0.1, -0.05) is 59.2 Å². The van der Waals surface area contributed by atoms with E-state index in [0.717, 1.165) is 10.8 Å². The molecule has 0 N–H and O–H groups in total. The molecule has 1 aromatic heterocycles. The standard InChI is InChI=1S/C17H15ClN2OS/c1-12-19-16(20-21-12)11-22-17(13-5-3-2-4-6-13)14-7-9-15(18)10-8-14/h2-10,17H,11H2,1H3/t17-/m0/s1. The van der Waals surface area contributed by atoms with Gasteiger partial charge in [0.25, 0.3) is 0 Å². The number of halogens is 1. The first-order valence-corrected chi connectivity index (χ1v) is 8.36. The van der Waals surface area contributed by atoms with E-state index in [0.29, 0.717) is 11.6 Å². The van der Waals surface area contributed by atoms with Crippen LogP contribution in [0.5, 0.6) is 0 Å². The van der Waals surface area contributed by atoms with Gasteiger partial charge in [0, 0.05) is 11.9 Å². The normalized spacial score (nSPS) is 12.3. The van der Waals surface area contributed by atoms with Gasteiger partial charge in [-0.15, -0.1) is 11.8 Å². The molecule has 0 saturated carbocycles. The second-order valence-electron chi connectivity index (χ2n) is 4.88. The third-order valence-corrected chi connectivity index (χ3v) is 4.78. The van der Waals surface area contributed by atoms with E-state index in [2.05, 4.69) is 46.5 Å². The average molecular weight is 331 g/mol. The molecule has 1 atom stereocenters. The van der Waals surface area contributed by atoms with Crippen molar-refractivity contribution >= 4 is 23.4 Å². The van der Waals surface area contributed by atoms with Crippen molar-refractivity contribution in [2.24, 2.45) is 0 Å². The highest BCUT2D eigenvalue weighted by Gasteiger charge is 2.16. The second-order valence-corrected chi connectivity index (χ2v) is 6.41. The lowest BCUT2D eigenvalue weighted by Gasteiger charge is -2.17. The number of hydrogen-bond donors (Lipinski definition) is 0. The van der Waals surface area contributed by atoms with Crippen molar-refractivity contribution in [2.45, 2.75) is 17.9 Å². The van der Waals surface area contributed by atoms with Gasteiger partial charge in [-0.05, 0) is 23.3 Å². The Labute approximate surface area is 138 Å². The van der Waals surface area contributed by atoms with E-state index < -0.39 is 0 Å². The second kappa shape index (κ2) is 6.99. The Morgan fingerprint density at radius 2 is 1.73 bits per heavy atom. The van der Waals surface area contributed by atoms with Crippen LogP contribution in [0.4, 0.5) is 0 Å². The van der Waals surface area contributed by atoms with Crippen LogP contribution in [0.25, 0.3) is 0 Å². The number of thioether (sulfide) groups is 1. The predicted molar refractivity (Wildman–Crippen MR) is 90.1 cm³/mol. The molecule has 2 aromatic carbocycles. The van der Waals surface area contributed by atoms with E-state index in [-0.39, 0.29) is 5.25 Å². The van der Waals surface area contributed by atoms with Crippen molar-refractivity contribution in [3.8, 4) is 0 Å². The van der Waals surface area contributed by atoms with E-state index in [1.54, 1.807) is 18.7 Å². The van der Waals surface area contributed by atoms with Gasteiger partial charge in [0.15, 0.2) is 5.82 Å². The van der Waals surface area contributed by atoms with E-state index in [4.69, 9.17) is 16.1 Å². The Morgan fingerprint density at radius 3 is 2.36 bits per heavy atom. The summed E-state index contributed by atoms with van der Waals surface area (Å²) in [5.41, 5.74) is 2.45. The molecule has 112 valence electrons. The Bertz CT molecular complexity index is 728. The maximum atomic E-state index is 6.00. The van der Waals surface area contributed by atoms with Crippen molar-refractivity contribution in [3.63, 3.8) is 0 Å². The highest BCUT2D eigenvalue weighted by Crippen LogP contribution is 2.37. The minimum absolute atomic E-state index is 0.206. The molecule has 0 unspecified atom stereocenters. The van der Waals surface area contributed by atoms with Crippen molar-refractivity contribution < 1.29 is 4.52 Å². The molecule has 0 aliphatic rings. The van der Waals surface area contributed by atoms with Crippen molar-refractivity contribution in [3.05, 3.63) is 82.5 Å². The summed E-state index contributed by atoms with van der Waals surface area (Å²) >= 11 is 7.77. The molecule has 0 fully saturated rings. The molecule has 1 heterocycles. The molecule has 0 aliphatic heterocycles. The molecule has 0 aliphatic carbocycles. The van der Waals surface area contributed by atoms with E-state index in [1.165, 1.54) is 11.1 Å². The highest BCUT2D eigenvalue weighted by molar-refractivity contribution is 7.98. The number of hydrogen-bond acceptors (Lipinski definition) is 4. The van der Waals surface area contributed by atoms with Gasteiger partial charge < -0.3 is 4.52 Å². The lowest BCUT2D eigenvalue weighted by molar-refractivity contribution is 0.389. The highest BCUT2D eigenvalue weighted by atomic mass is 35.5. The third-order valence-electron chi connectivity index (χ3n) is 3.22. The molecule has 5 heteroatoms. The number of nitrogens with zero attached hydrogens (tertiary/aromatic N) is 2. The van der Waals surface area contributed by atoms with Gasteiger partial charge in [-0.2, -0.15) is 4.98 Å². The topological polar surface area (TPSA) is 38.9 Å². The minimum Gasteiger partial charge on any atom is -0.340 e. The van der Waals surface area contributed by atoms with Gasteiger partial charge >= 0.3 is 0 Å². The summed E-state index contributed by atoms with van der Waals surface area (Å²) in [6.45, 7) is 1.80. The maximum Gasteiger partial charge on any atom is 0.223 e. The first kappa shape index (κ1) is 15.1. The molecule has 22 heavy (non-hydrogen) atoms. The quantitative estimate of drug-likeness (QED) is 0.656. The molecule has 3 rings (SSSR count). The third kappa shape index (κ3) is 3.70. The van der Waals surface area contributed by atoms with Crippen molar-refractivity contribution in [1.29, 1.82) is 0 Å². The van der Waals surface area contributed by atoms with Crippen LogP contribution in [0, 0.1) is 6.92 Å². The van der Waals surface area contributed by atoms with Crippen molar-refractivity contribution in [1.82, 2.24) is 10.1 Å². The summed E-state index contributed by atoms with van der Waals surface area (Å²) in [6.07, 6.45) is 0. The predicted octanol–water partition coefficient (Wildman–Crippen LogP) is 5.05. The smallest absolute Gasteiger partial charge is 0.223 e. The minimum atomic E-state index is 0.206. The molecule has 0 radical (unpaired) electrons. The van der Waals surface area contributed by atoms with Crippen LogP contribution in [0.15, 0.2) is 59.1 Å². The zero-order valence-corrected chi connectivity index (χ0v) is 13.6. The van der Waals surface area contributed by atoms with Gasteiger partial charge in [0.2, 0.25) is 5.89 Å². The van der Waals surface area contributed by atoms with Crippen LogP contribution in [0.3, 0.4) is 0 Å². The van der Waals surface area contributed by atoms with E-state index in [9.17, 15) is 0 Å². The molecule has 3 nitrogen and oxygen atoms in total. The fraction of sp³-hybridized carbons (Fsp3) is 0.176. The van der Waals surface area contributed by atoms with Gasteiger partial charge in [-0.25, -0.2) is 0 Å². The summed E-state index contributed by atoms with van der Waals surface area (Å²) < 4.78 is 5.03. The summed E-state index contributed by atoms with van der Waals surface area (Å²) in [6, 6.07) is 18.4. The summed E-state index contributed by atoms with van der Waals surface area (Å²) in [4.78, 5) is 4.26. The van der Waals surface area contributed by atoms with Gasteiger partial charge in [0.05, 0.1) is 11.0 Å². The van der Waals surface area contributed by atoms with E-state index >= 15 is 0 Å². The zero-order valence-electron chi connectivity index (χ0n) is 12.1. The average Bonchev–Trinajstić information content (AvgIpc) is 2.96. The van der Waals surface area contributed by atoms with E-state index in [1.807, 2.05) is 18.2 Å². The fourth-order valence-electron chi connectivity index (χ4n) is 2.21. The molecular formula is C17H15ClN2OS. The molecule has 0 saturated heterocycles. The Morgan fingerprint density at radius 1 is 1.05 bits per heavy atom. The lowest BCUT2D eigenvalue weighted by atomic mass is 10.0. The summed E-state index contributed by atoms with van der Waals surface area (Å²) in [7, 11) is 0. The first-order valence-electron chi connectivity index (χ1n) is 6.93. The molecule has 3 aromatic rings. The monoisotopic (exact) mass is 330 g/mol. The Hall–Kier alpha value is -1.78. The van der Waals surface area contributed by atoms with Crippen LogP contribution in [-0.4, -0.2) is 10.1 Å². The van der Waals surface area contributed by atoms with Crippen molar-refractivity contribution in [2.75, 3.05) is 0 Å². The Kier molecular flexibility index (Phi) is 4.80. The van der Waals surface area contributed by atoms with Crippen LogP contribution in [0.1, 0.15) is 28.1 Å². The molecular weight excluding hydrogens is 316 g/mol. The van der Waals surface area contributed by atoms with Crippen LogP contribution >= 0.6 is 23.4 Å². The number of aromatic nitrogens is 2. The molecule has 0 bridgehead atoms. The largest absolute Gasteiger partial charge is 0.340 e. The summed E-state index contributed by atoms with van der Waals surface area (Å²) in [5.74, 6) is 2.01. The maximum absolute atomic E-state index is 6.00. The SMILES string of the molecule is Cc1nc(CS[C@@H](c2ccccc2)c2ccc(Cl)cc2)no1. The first-order chi connectivity index (χ1) is 10.7. The zero-order chi connectivity index (χ0) is 15.4. The van der Waals surface area contributed by atoms with Crippen LogP contribution in [-0.2, 0) is 5.75 Å². The fourth-order valence-corrected chi connectivity index (χ4v) is 3.47.